The third-order valence-electron chi connectivity index (χ3n) is 8.31. The highest BCUT2D eigenvalue weighted by molar-refractivity contribution is 6.30. The molecule has 10 heteroatoms. The fourth-order valence-electron chi connectivity index (χ4n) is 5.99. The van der Waals surface area contributed by atoms with Crippen molar-refractivity contribution in [1.29, 1.82) is 0 Å². The third-order valence-corrected chi connectivity index (χ3v) is 8.50. The molecule has 0 unspecified atom stereocenters. The number of anilines is 1. The largest absolute Gasteiger partial charge is 0.493 e. The van der Waals surface area contributed by atoms with Crippen molar-refractivity contribution in [3.63, 3.8) is 0 Å². The van der Waals surface area contributed by atoms with Crippen LogP contribution in [0.3, 0.4) is 0 Å². The first kappa shape index (κ1) is 25.9. The van der Waals surface area contributed by atoms with Crippen LogP contribution in [0.2, 0.25) is 5.02 Å². The summed E-state index contributed by atoms with van der Waals surface area (Å²) >= 11 is 5.90. The number of piperidine rings is 1. The van der Waals surface area contributed by atoms with Gasteiger partial charge >= 0.3 is 0 Å². The van der Waals surface area contributed by atoms with Crippen molar-refractivity contribution in [2.45, 2.75) is 45.1 Å². The van der Waals surface area contributed by atoms with Crippen molar-refractivity contribution in [3.05, 3.63) is 70.8 Å². The topological polar surface area (TPSA) is 84.3 Å². The predicted molar refractivity (Wildman–Crippen MR) is 145 cm³/mol. The summed E-state index contributed by atoms with van der Waals surface area (Å²) in [7, 11) is 0. The van der Waals surface area contributed by atoms with Crippen molar-refractivity contribution in [3.8, 4) is 5.75 Å². The standard InChI is InChI=1S/C29H32ClFN6O2/c30-22-16-34-29(35-17-22)36-9-3-19(4-10-36)24-13-20(24)6-12-39-23-2-1-21(25(31)15-23)14-28(38)37-11-5-26-27(18-37)33-8-7-32-26/h1-2,7-8,15-17,19-20,24H,3-6,9-14,18H2/t20-,24-/m1/s1. The molecule has 1 amide bonds. The smallest absolute Gasteiger partial charge is 0.227 e. The molecule has 6 rings (SSSR count). The van der Waals surface area contributed by atoms with Gasteiger partial charge in [-0.1, -0.05) is 17.7 Å². The Labute approximate surface area is 232 Å². The molecule has 2 atom stereocenters. The van der Waals surface area contributed by atoms with E-state index in [0.717, 1.165) is 61.5 Å². The van der Waals surface area contributed by atoms with E-state index in [2.05, 4.69) is 24.8 Å². The van der Waals surface area contributed by atoms with Crippen LogP contribution in [0.5, 0.6) is 5.75 Å². The zero-order valence-corrected chi connectivity index (χ0v) is 22.6. The minimum absolute atomic E-state index is 0.0222. The maximum atomic E-state index is 14.8. The Morgan fingerprint density at radius 3 is 2.59 bits per heavy atom. The Bertz CT molecular complexity index is 1320. The summed E-state index contributed by atoms with van der Waals surface area (Å²) in [4.78, 5) is 34.1. The van der Waals surface area contributed by atoms with Crippen LogP contribution >= 0.6 is 11.6 Å². The van der Waals surface area contributed by atoms with Crippen LogP contribution < -0.4 is 9.64 Å². The van der Waals surface area contributed by atoms with E-state index in [4.69, 9.17) is 16.3 Å². The van der Waals surface area contributed by atoms with Gasteiger partial charge in [-0.15, -0.1) is 0 Å². The summed E-state index contributed by atoms with van der Waals surface area (Å²) in [6.07, 6.45) is 11.8. The lowest BCUT2D eigenvalue weighted by Crippen LogP contribution is -2.37. The number of rotatable bonds is 8. The summed E-state index contributed by atoms with van der Waals surface area (Å²) in [5.41, 5.74) is 2.13. The molecule has 0 radical (unpaired) electrons. The number of amides is 1. The van der Waals surface area contributed by atoms with E-state index in [1.807, 2.05) is 0 Å². The summed E-state index contributed by atoms with van der Waals surface area (Å²) in [5.74, 6) is 2.92. The van der Waals surface area contributed by atoms with Gasteiger partial charge in [-0.05, 0) is 55.1 Å². The second-order valence-corrected chi connectivity index (χ2v) is 11.2. The van der Waals surface area contributed by atoms with Crippen LogP contribution in [0.1, 0.15) is 42.6 Å². The Balaban J connectivity index is 0.924. The van der Waals surface area contributed by atoms with Crippen LogP contribution in [0, 0.1) is 23.6 Å². The van der Waals surface area contributed by atoms with Gasteiger partial charge in [0.05, 0.1) is 48.4 Å². The molecule has 3 aliphatic rings. The molecular weight excluding hydrogens is 519 g/mol. The van der Waals surface area contributed by atoms with Crippen molar-refractivity contribution in [2.75, 3.05) is 31.1 Å². The highest BCUT2D eigenvalue weighted by Crippen LogP contribution is 2.49. The molecule has 2 aliphatic heterocycles. The number of hydrogen-bond acceptors (Lipinski definition) is 7. The average Bonchev–Trinajstić information content (AvgIpc) is 3.74. The Hall–Kier alpha value is -3.33. The molecule has 204 valence electrons. The molecule has 8 nitrogen and oxygen atoms in total. The van der Waals surface area contributed by atoms with Gasteiger partial charge in [0.2, 0.25) is 11.9 Å². The lowest BCUT2D eigenvalue weighted by atomic mass is 9.90. The van der Waals surface area contributed by atoms with Gasteiger partial charge in [0, 0.05) is 44.5 Å². The van der Waals surface area contributed by atoms with E-state index in [-0.39, 0.29) is 12.3 Å². The predicted octanol–water partition coefficient (Wildman–Crippen LogP) is 4.51. The van der Waals surface area contributed by atoms with Crippen molar-refractivity contribution in [1.82, 2.24) is 24.8 Å². The minimum Gasteiger partial charge on any atom is -0.493 e. The van der Waals surface area contributed by atoms with Gasteiger partial charge in [0.25, 0.3) is 0 Å². The fraction of sp³-hybridized carbons (Fsp3) is 0.483. The van der Waals surface area contributed by atoms with E-state index >= 15 is 0 Å². The minimum atomic E-state index is -0.404. The highest BCUT2D eigenvalue weighted by atomic mass is 35.5. The Morgan fingerprint density at radius 2 is 1.82 bits per heavy atom. The molecule has 1 aromatic carbocycles. The molecule has 2 fully saturated rings. The molecule has 0 N–H and O–H groups in total. The summed E-state index contributed by atoms with van der Waals surface area (Å²) < 4.78 is 20.7. The van der Waals surface area contributed by atoms with E-state index in [9.17, 15) is 9.18 Å². The maximum absolute atomic E-state index is 14.8. The Kier molecular flexibility index (Phi) is 7.59. The normalized spacial score (nSPS) is 21.0. The van der Waals surface area contributed by atoms with Crippen LogP contribution in [0.15, 0.2) is 43.0 Å². The van der Waals surface area contributed by atoms with Gasteiger partial charge in [-0.3, -0.25) is 14.8 Å². The van der Waals surface area contributed by atoms with Gasteiger partial charge < -0.3 is 14.5 Å². The van der Waals surface area contributed by atoms with Crippen molar-refractivity contribution >= 4 is 23.5 Å². The molecule has 0 bridgehead atoms. The number of benzene rings is 1. The van der Waals surface area contributed by atoms with E-state index in [1.54, 1.807) is 41.8 Å². The van der Waals surface area contributed by atoms with Crippen LogP contribution in [0.4, 0.5) is 10.3 Å². The number of carbonyl (C=O) groups excluding carboxylic acids is 1. The lowest BCUT2D eigenvalue weighted by molar-refractivity contribution is -0.131. The molecule has 1 saturated heterocycles. The van der Waals surface area contributed by atoms with E-state index in [1.165, 1.54) is 12.5 Å². The quantitative estimate of drug-likeness (QED) is 0.408. The Morgan fingerprint density at radius 1 is 1.05 bits per heavy atom. The summed E-state index contributed by atoms with van der Waals surface area (Å²) in [6, 6.07) is 4.83. The van der Waals surface area contributed by atoms with Crippen molar-refractivity contribution < 1.29 is 13.9 Å². The molecule has 0 spiro atoms. The first-order chi connectivity index (χ1) is 19.0. The number of hydrogen-bond donors (Lipinski definition) is 0. The maximum Gasteiger partial charge on any atom is 0.227 e. The first-order valence-corrected chi connectivity index (χ1v) is 14.1. The lowest BCUT2D eigenvalue weighted by Gasteiger charge is -2.32. The summed E-state index contributed by atoms with van der Waals surface area (Å²) in [6.45, 7) is 3.51. The SMILES string of the molecule is O=C(Cc1ccc(OCC[C@@H]2C[C@@H]2C2CCN(c3ncc(Cl)cn3)CC2)cc1F)N1CCc2nccnc2C1. The molecule has 2 aromatic heterocycles. The van der Waals surface area contributed by atoms with Crippen LogP contribution in [-0.4, -0.2) is 57.0 Å². The van der Waals surface area contributed by atoms with Crippen LogP contribution in [0.25, 0.3) is 0 Å². The van der Waals surface area contributed by atoms with Gasteiger partial charge in [0.15, 0.2) is 0 Å². The zero-order valence-electron chi connectivity index (χ0n) is 21.8. The second-order valence-electron chi connectivity index (χ2n) is 10.8. The number of carbonyl (C=O) groups is 1. The summed E-state index contributed by atoms with van der Waals surface area (Å²) in [5, 5.41) is 0.557. The highest BCUT2D eigenvalue weighted by Gasteiger charge is 2.43. The zero-order chi connectivity index (χ0) is 26.8. The number of halogens is 2. The second kappa shape index (κ2) is 11.4. The van der Waals surface area contributed by atoms with E-state index in [0.29, 0.717) is 48.4 Å². The number of fused-ring (bicyclic) bond motifs is 1. The number of nitrogens with zero attached hydrogens (tertiary/aromatic N) is 6. The molecule has 4 heterocycles. The molecule has 1 saturated carbocycles. The average molecular weight is 551 g/mol. The first-order valence-electron chi connectivity index (χ1n) is 13.7. The van der Waals surface area contributed by atoms with Gasteiger partial charge in [-0.25, -0.2) is 14.4 Å². The third kappa shape index (κ3) is 6.13. The van der Waals surface area contributed by atoms with Crippen LogP contribution in [-0.2, 0) is 24.2 Å². The van der Waals surface area contributed by atoms with E-state index < -0.39 is 5.82 Å². The number of aromatic nitrogens is 4. The number of ether oxygens (including phenoxy) is 1. The van der Waals surface area contributed by atoms with Gasteiger partial charge in [0.1, 0.15) is 11.6 Å². The molecule has 1 aliphatic carbocycles. The molecular formula is C29H32ClFN6O2. The fourth-order valence-corrected chi connectivity index (χ4v) is 6.09. The molecule has 39 heavy (non-hydrogen) atoms. The molecule has 3 aromatic rings. The monoisotopic (exact) mass is 550 g/mol. The van der Waals surface area contributed by atoms with Gasteiger partial charge in [-0.2, -0.15) is 0 Å². The van der Waals surface area contributed by atoms with Crippen molar-refractivity contribution in [2.24, 2.45) is 17.8 Å².